The maximum atomic E-state index is 9.38. The van der Waals surface area contributed by atoms with Gasteiger partial charge in [-0.1, -0.05) is 6.07 Å². The lowest BCUT2D eigenvalue weighted by molar-refractivity contribution is 1.08. The molecule has 0 N–H and O–H groups in total. The first kappa shape index (κ1) is 13.7. The van der Waals surface area contributed by atoms with E-state index in [2.05, 4.69) is 37.0 Å². The summed E-state index contributed by atoms with van der Waals surface area (Å²) < 4.78 is 1.96. The molecule has 0 radical (unpaired) electrons. The van der Waals surface area contributed by atoms with Gasteiger partial charge in [0.1, 0.15) is 12.4 Å². The minimum absolute atomic E-state index is 0.401. The number of alkyl halides is 1. The summed E-state index contributed by atoms with van der Waals surface area (Å²) in [6.07, 6.45) is 1.76. The summed E-state index contributed by atoms with van der Waals surface area (Å²) in [5.41, 5.74) is 6.73. The summed E-state index contributed by atoms with van der Waals surface area (Å²) in [7, 11) is 0. The first-order chi connectivity index (χ1) is 10.1. The van der Waals surface area contributed by atoms with Gasteiger partial charge >= 0.3 is 0 Å². The summed E-state index contributed by atoms with van der Waals surface area (Å²) in [4.78, 5) is 4.44. The van der Waals surface area contributed by atoms with Crippen LogP contribution in [0, 0.1) is 25.2 Å². The smallest absolute Gasteiger partial charge is 0.101 e. The molecule has 1 aromatic heterocycles. The predicted molar refractivity (Wildman–Crippen MR) is 84.8 cm³/mol. The molecule has 0 unspecified atom stereocenters. The Labute approximate surface area is 128 Å². The number of hydrogen-bond donors (Lipinski definition) is 0. The first-order valence-electron chi connectivity index (χ1n) is 6.67. The molecule has 3 rings (SSSR count). The predicted octanol–water partition coefficient (Wildman–Crippen LogP) is 4.25. The number of aromatic nitrogens is 2. The zero-order chi connectivity index (χ0) is 15.0. The number of halogens is 1. The Morgan fingerprint density at radius 2 is 1.95 bits per heavy atom. The van der Waals surface area contributed by atoms with Crippen molar-refractivity contribution in [1.82, 2.24) is 9.55 Å². The van der Waals surface area contributed by atoms with Crippen LogP contribution in [0.25, 0.3) is 16.7 Å². The largest absolute Gasteiger partial charge is 0.297 e. The lowest BCUT2D eigenvalue weighted by Gasteiger charge is -2.09. The standard InChI is InChI=1S/C17H14ClN3/c1-11-5-15-17(6-12(11)2)21(10-20-15)16-4-3-13(8-18)7-14(16)9-19/h3-7,10H,8H2,1-2H3. The molecule has 4 heteroatoms. The van der Waals surface area contributed by atoms with E-state index >= 15 is 0 Å². The summed E-state index contributed by atoms with van der Waals surface area (Å²) in [6, 6.07) is 12.1. The summed E-state index contributed by atoms with van der Waals surface area (Å²) in [5.74, 6) is 0.401. The third kappa shape index (κ3) is 2.28. The van der Waals surface area contributed by atoms with Crippen LogP contribution < -0.4 is 0 Å². The quantitative estimate of drug-likeness (QED) is 0.663. The van der Waals surface area contributed by atoms with Gasteiger partial charge in [-0.05, 0) is 54.8 Å². The number of rotatable bonds is 2. The lowest BCUT2D eigenvalue weighted by Crippen LogP contribution is -1.97. The van der Waals surface area contributed by atoms with Gasteiger partial charge in [-0.2, -0.15) is 5.26 Å². The molecule has 0 aliphatic carbocycles. The SMILES string of the molecule is Cc1cc2ncn(-c3ccc(CCl)cc3C#N)c2cc1C. The highest BCUT2D eigenvalue weighted by atomic mass is 35.5. The van der Waals surface area contributed by atoms with E-state index in [1.54, 1.807) is 6.33 Å². The van der Waals surface area contributed by atoms with Gasteiger partial charge in [0.2, 0.25) is 0 Å². The van der Waals surface area contributed by atoms with E-state index in [1.807, 2.05) is 22.8 Å². The molecule has 0 fully saturated rings. The maximum Gasteiger partial charge on any atom is 0.101 e. The molecule has 0 bridgehead atoms. The molecule has 3 nitrogen and oxygen atoms in total. The second kappa shape index (κ2) is 5.23. The van der Waals surface area contributed by atoms with Crippen molar-refractivity contribution in [2.24, 2.45) is 0 Å². The Kier molecular flexibility index (Phi) is 3.40. The van der Waals surface area contributed by atoms with Crippen LogP contribution in [0.4, 0.5) is 0 Å². The number of fused-ring (bicyclic) bond motifs is 1. The molecular weight excluding hydrogens is 282 g/mol. The van der Waals surface area contributed by atoms with Crippen LogP contribution in [0.2, 0.25) is 0 Å². The molecule has 21 heavy (non-hydrogen) atoms. The monoisotopic (exact) mass is 295 g/mol. The van der Waals surface area contributed by atoms with Crippen molar-refractivity contribution in [3.63, 3.8) is 0 Å². The number of hydrogen-bond acceptors (Lipinski definition) is 2. The fourth-order valence-electron chi connectivity index (χ4n) is 2.42. The second-order valence-corrected chi connectivity index (χ2v) is 5.40. The van der Waals surface area contributed by atoms with E-state index in [0.717, 1.165) is 22.3 Å². The van der Waals surface area contributed by atoms with Gasteiger partial charge in [0.15, 0.2) is 0 Å². The summed E-state index contributed by atoms with van der Waals surface area (Å²) in [5, 5.41) is 9.38. The van der Waals surface area contributed by atoms with Crippen LogP contribution in [0.5, 0.6) is 0 Å². The second-order valence-electron chi connectivity index (χ2n) is 5.14. The Balaban J connectivity index is 2.26. The van der Waals surface area contributed by atoms with Gasteiger partial charge in [0.25, 0.3) is 0 Å². The van der Waals surface area contributed by atoms with Gasteiger partial charge in [0, 0.05) is 5.88 Å². The van der Waals surface area contributed by atoms with Crippen molar-refractivity contribution in [2.45, 2.75) is 19.7 Å². The molecule has 1 heterocycles. The van der Waals surface area contributed by atoms with Crippen LogP contribution in [-0.2, 0) is 5.88 Å². The number of nitriles is 1. The molecule has 0 aliphatic heterocycles. The van der Waals surface area contributed by atoms with Crippen LogP contribution in [0.1, 0.15) is 22.3 Å². The van der Waals surface area contributed by atoms with E-state index in [9.17, 15) is 5.26 Å². The normalized spacial score (nSPS) is 10.8. The van der Waals surface area contributed by atoms with E-state index in [-0.39, 0.29) is 0 Å². The van der Waals surface area contributed by atoms with Gasteiger partial charge in [-0.3, -0.25) is 4.57 Å². The van der Waals surface area contributed by atoms with Crippen LogP contribution in [0.3, 0.4) is 0 Å². The first-order valence-corrected chi connectivity index (χ1v) is 7.21. The van der Waals surface area contributed by atoms with Crippen molar-refractivity contribution in [2.75, 3.05) is 0 Å². The van der Waals surface area contributed by atoms with Crippen molar-refractivity contribution in [3.05, 3.63) is 58.9 Å². The van der Waals surface area contributed by atoms with Gasteiger partial charge in [-0.15, -0.1) is 11.6 Å². The fourth-order valence-corrected chi connectivity index (χ4v) is 2.59. The third-order valence-electron chi connectivity index (χ3n) is 3.76. The lowest BCUT2D eigenvalue weighted by atomic mass is 10.1. The molecule has 104 valence electrons. The minimum atomic E-state index is 0.401. The van der Waals surface area contributed by atoms with E-state index in [1.165, 1.54) is 11.1 Å². The Morgan fingerprint density at radius 1 is 1.19 bits per heavy atom. The number of aryl methyl sites for hydroxylation is 2. The van der Waals surface area contributed by atoms with Gasteiger partial charge < -0.3 is 0 Å². The number of nitrogens with zero attached hydrogens (tertiary/aromatic N) is 3. The average molecular weight is 296 g/mol. The average Bonchev–Trinajstić information content (AvgIpc) is 2.89. The molecule has 0 aliphatic rings. The van der Waals surface area contributed by atoms with Crippen LogP contribution in [-0.4, -0.2) is 9.55 Å². The molecule has 0 saturated carbocycles. The molecule has 0 saturated heterocycles. The van der Waals surface area contributed by atoms with Crippen molar-refractivity contribution in [3.8, 4) is 11.8 Å². The van der Waals surface area contributed by atoms with Gasteiger partial charge in [0.05, 0.1) is 22.3 Å². The molecule has 0 spiro atoms. The maximum absolute atomic E-state index is 9.38. The summed E-state index contributed by atoms with van der Waals surface area (Å²) in [6.45, 7) is 4.15. The molecular formula is C17H14ClN3. The number of benzene rings is 2. The third-order valence-corrected chi connectivity index (χ3v) is 4.07. The Bertz CT molecular complexity index is 872. The fraction of sp³-hybridized carbons (Fsp3) is 0.176. The highest BCUT2D eigenvalue weighted by Gasteiger charge is 2.10. The highest BCUT2D eigenvalue weighted by molar-refractivity contribution is 6.17. The van der Waals surface area contributed by atoms with Crippen LogP contribution in [0.15, 0.2) is 36.7 Å². The highest BCUT2D eigenvalue weighted by Crippen LogP contribution is 2.24. The summed E-state index contributed by atoms with van der Waals surface area (Å²) >= 11 is 5.84. The van der Waals surface area contributed by atoms with Crippen molar-refractivity contribution >= 4 is 22.6 Å². The number of imidazole rings is 1. The van der Waals surface area contributed by atoms with Crippen molar-refractivity contribution in [1.29, 1.82) is 5.26 Å². The topological polar surface area (TPSA) is 41.6 Å². The van der Waals surface area contributed by atoms with Crippen molar-refractivity contribution < 1.29 is 0 Å². The van der Waals surface area contributed by atoms with Crippen LogP contribution >= 0.6 is 11.6 Å². The van der Waals surface area contributed by atoms with E-state index in [4.69, 9.17) is 11.6 Å². The Morgan fingerprint density at radius 3 is 2.67 bits per heavy atom. The Hall–Kier alpha value is -2.31. The molecule has 2 aromatic carbocycles. The van der Waals surface area contributed by atoms with E-state index in [0.29, 0.717) is 11.4 Å². The molecule has 0 amide bonds. The molecule has 3 aromatic rings. The van der Waals surface area contributed by atoms with E-state index < -0.39 is 0 Å². The zero-order valence-corrected chi connectivity index (χ0v) is 12.6. The van der Waals surface area contributed by atoms with Gasteiger partial charge in [-0.25, -0.2) is 4.98 Å². The minimum Gasteiger partial charge on any atom is -0.297 e. The zero-order valence-electron chi connectivity index (χ0n) is 11.9. The molecule has 0 atom stereocenters.